The molecular formula is C19H24N2O4S. The van der Waals surface area contributed by atoms with Crippen LogP contribution in [0.25, 0.3) is 0 Å². The van der Waals surface area contributed by atoms with Crippen molar-refractivity contribution in [1.82, 2.24) is 5.32 Å². The third-order valence-electron chi connectivity index (χ3n) is 4.09. The fourth-order valence-corrected chi connectivity index (χ4v) is 3.30. The largest absolute Gasteiger partial charge is 0.497 e. The van der Waals surface area contributed by atoms with E-state index in [1.165, 1.54) is 0 Å². The Bertz CT molecular complexity index is 894. The van der Waals surface area contributed by atoms with Crippen LogP contribution in [0.5, 0.6) is 5.75 Å². The van der Waals surface area contributed by atoms with Gasteiger partial charge in [0, 0.05) is 6.54 Å². The maximum Gasteiger partial charge on any atom is 0.241 e. The second kappa shape index (κ2) is 8.23. The number of aryl methyl sites for hydroxylation is 2. The number of hydrogen-bond donors (Lipinski definition) is 1. The Morgan fingerprint density at radius 1 is 1.12 bits per heavy atom. The maximum absolute atomic E-state index is 12.3. The molecule has 1 N–H and O–H groups in total. The van der Waals surface area contributed by atoms with Crippen LogP contribution >= 0.6 is 0 Å². The number of nitrogens with zero attached hydrogens (tertiary/aromatic N) is 1. The van der Waals surface area contributed by atoms with Crippen molar-refractivity contribution in [3.63, 3.8) is 0 Å². The van der Waals surface area contributed by atoms with Gasteiger partial charge in [-0.05, 0) is 54.8 Å². The van der Waals surface area contributed by atoms with E-state index in [1.807, 2.05) is 44.2 Å². The zero-order chi connectivity index (χ0) is 19.3. The Morgan fingerprint density at radius 3 is 2.46 bits per heavy atom. The van der Waals surface area contributed by atoms with Gasteiger partial charge in [-0.1, -0.05) is 18.2 Å². The van der Waals surface area contributed by atoms with Crippen molar-refractivity contribution in [2.45, 2.75) is 20.4 Å². The Morgan fingerprint density at radius 2 is 1.85 bits per heavy atom. The molecule has 7 heteroatoms. The lowest BCUT2D eigenvalue weighted by molar-refractivity contribution is -0.119. The van der Waals surface area contributed by atoms with Gasteiger partial charge in [-0.25, -0.2) is 8.42 Å². The van der Waals surface area contributed by atoms with E-state index in [4.69, 9.17) is 4.74 Å². The van der Waals surface area contributed by atoms with Crippen LogP contribution in [0.2, 0.25) is 0 Å². The van der Waals surface area contributed by atoms with E-state index < -0.39 is 10.0 Å². The van der Waals surface area contributed by atoms with E-state index >= 15 is 0 Å². The summed E-state index contributed by atoms with van der Waals surface area (Å²) in [5, 5.41) is 2.75. The van der Waals surface area contributed by atoms with E-state index in [2.05, 4.69) is 5.32 Å². The van der Waals surface area contributed by atoms with Crippen molar-refractivity contribution in [3.8, 4) is 5.75 Å². The summed E-state index contributed by atoms with van der Waals surface area (Å²) < 4.78 is 30.6. The highest BCUT2D eigenvalue weighted by atomic mass is 32.2. The Balaban J connectivity index is 2.10. The molecule has 0 aromatic heterocycles. The van der Waals surface area contributed by atoms with Crippen LogP contribution < -0.4 is 14.4 Å². The molecule has 0 fully saturated rings. The lowest BCUT2D eigenvalue weighted by Gasteiger charge is -2.22. The molecule has 6 nitrogen and oxygen atoms in total. The van der Waals surface area contributed by atoms with Crippen molar-refractivity contribution >= 4 is 21.6 Å². The molecule has 0 aliphatic rings. The fraction of sp³-hybridized carbons (Fsp3) is 0.316. The first-order chi connectivity index (χ1) is 12.2. The summed E-state index contributed by atoms with van der Waals surface area (Å²) in [7, 11) is -2.01. The summed E-state index contributed by atoms with van der Waals surface area (Å²) in [6, 6.07) is 12.6. The molecule has 0 saturated heterocycles. The number of rotatable bonds is 7. The molecule has 0 radical (unpaired) electrons. The van der Waals surface area contributed by atoms with Gasteiger partial charge in [0.1, 0.15) is 12.3 Å². The number of carbonyl (C=O) groups excluding carboxylic acids is 1. The fourth-order valence-electron chi connectivity index (χ4n) is 2.45. The van der Waals surface area contributed by atoms with Gasteiger partial charge in [0.15, 0.2) is 0 Å². The summed E-state index contributed by atoms with van der Waals surface area (Å²) in [6.07, 6.45) is 1.09. The van der Waals surface area contributed by atoms with Crippen LogP contribution in [-0.4, -0.2) is 34.2 Å². The van der Waals surface area contributed by atoms with E-state index in [1.54, 1.807) is 19.2 Å². The number of sulfonamides is 1. The third kappa shape index (κ3) is 5.23. The van der Waals surface area contributed by atoms with Gasteiger partial charge in [0.2, 0.25) is 15.9 Å². The average molecular weight is 376 g/mol. The number of amides is 1. The number of carbonyl (C=O) groups is 1. The van der Waals surface area contributed by atoms with Crippen LogP contribution in [0, 0.1) is 13.8 Å². The highest BCUT2D eigenvalue weighted by Gasteiger charge is 2.21. The van der Waals surface area contributed by atoms with Crippen LogP contribution in [0.1, 0.15) is 16.7 Å². The predicted octanol–water partition coefficient (Wildman–Crippen LogP) is 2.39. The molecule has 1 amide bonds. The molecule has 140 valence electrons. The van der Waals surface area contributed by atoms with Crippen LogP contribution in [0.4, 0.5) is 5.69 Å². The van der Waals surface area contributed by atoms with Crippen molar-refractivity contribution in [3.05, 3.63) is 59.2 Å². The lowest BCUT2D eigenvalue weighted by atomic mass is 10.1. The summed E-state index contributed by atoms with van der Waals surface area (Å²) in [4.78, 5) is 12.3. The zero-order valence-corrected chi connectivity index (χ0v) is 16.3. The van der Waals surface area contributed by atoms with Gasteiger partial charge in [0.25, 0.3) is 0 Å². The molecule has 0 spiro atoms. The molecule has 0 bridgehead atoms. The second-order valence-corrected chi connectivity index (χ2v) is 8.07. The smallest absolute Gasteiger partial charge is 0.241 e. The number of anilines is 1. The van der Waals surface area contributed by atoms with Crippen molar-refractivity contribution < 1.29 is 17.9 Å². The Kier molecular flexibility index (Phi) is 6.26. The minimum atomic E-state index is -3.58. The number of nitrogens with one attached hydrogen (secondary N) is 1. The van der Waals surface area contributed by atoms with Gasteiger partial charge in [0.05, 0.1) is 19.1 Å². The molecule has 0 saturated carbocycles. The monoisotopic (exact) mass is 376 g/mol. The summed E-state index contributed by atoms with van der Waals surface area (Å²) in [5.74, 6) is 0.320. The van der Waals surface area contributed by atoms with Gasteiger partial charge in [-0.15, -0.1) is 0 Å². The van der Waals surface area contributed by atoms with Gasteiger partial charge >= 0.3 is 0 Å². The molecule has 0 unspecified atom stereocenters. The molecule has 2 rings (SSSR count). The third-order valence-corrected chi connectivity index (χ3v) is 5.23. The topological polar surface area (TPSA) is 75.7 Å². The van der Waals surface area contributed by atoms with Gasteiger partial charge in [-0.3, -0.25) is 9.10 Å². The minimum Gasteiger partial charge on any atom is -0.497 e. The van der Waals surface area contributed by atoms with E-state index in [0.717, 1.165) is 27.3 Å². The number of methoxy groups -OCH3 is 1. The summed E-state index contributed by atoms with van der Waals surface area (Å²) in [5.41, 5.74) is 3.37. The first-order valence-corrected chi connectivity index (χ1v) is 10.00. The summed E-state index contributed by atoms with van der Waals surface area (Å²) >= 11 is 0. The predicted molar refractivity (Wildman–Crippen MR) is 103 cm³/mol. The quantitative estimate of drug-likeness (QED) is 0.805. The minimum absolute atomic E-state index is 0.273. The maximum atomic E-state index is 12.3. The highest BCUT2D eigenvalue weighted by molar-refractivity contribution is 7.92. The first kappa shape index (κ1) is 19.8. The molecule has 2 aromatic rings. The number of benzene rings is 2. The molecular weight excluding hydrogens is 352 g/mol. The van der Waals surface area contributed by atoms with E-state index in [9.17, 15) is 13.2 Å². The van der Waals surface area contributed by atoms with Crippen molar-refractivity contribution in [1.29, 1.82) is 0 Å². The summed E-state index contributed by atoms with van der Waals surface area (Å²) in [6.45, 7) is 3.87. The SMILES string of the molecule is COc1cccc(CNC(=O)CN(c2ccc(C)c(C)c2)S(C)(=O)=O)c1. The highest BCUT2D eigenvalue weighted by Crippen LogP contribution is 2.21. The van der Waals surface area contributed by atoms with Crippen molar-refractivity contribution in [2.75, 3.05) is 24.2 Å². The van der Waals surface area contributed by atoms with Crippen LogP contribution in [0.15, 0.2) is 42.5 Å². The standard InChI is InChI=1S/C19H24N2O4S/c1-14-8-9-17(10-15(14)2)21(26(4,23)24)13-19(22)20-12-16-6-5-7-18(11-16)25-3/h5-11H,12-13H2,1-4H3,(H,20,22). The molecule has 26 heavy (non-hydrogen) atoms. The normalized spacial score (nSPS) is 11.1. The average Bonchev–Trinajstić information content (AvgIpc) is 2.59. The second-order valence-electron chi connectivity index (χ2n) is 6.17. The molecule has 2 aromatic carbocycles. The van der Waals surface area contributed by atoms with Gasteiger partial charge < -0.3 is 10.1 Å². The zero-order valence-electron chi connectivity index (χ0n) is 15.4. The molecule has 0 aliphatic heterocycles. The Labute approximate surface area is 154 Å². The van der Waals surface area contributed by atoms with Crippen LogP contribution in [-0.2, 0) is 21.4 Å². The number of hydrogen-bond acceptors (Lipinski definition) is 4. The van der Waals surface area contributed by atoms with Crippen molar-refractivity contribution in [2.24, 2.45) is 0 Å². The Hall–Kier alpha value is -2.54. The lowest BCUT2D eigenvalue weighted by Crippen LogP contribution is -2.40. The molecule has 0 aliphatic carbocycles. The molecule has 0 heterocycles. The first-order valence-electron chi connectivity index (χ1n) is 8.15. The van der Waals surface area contributed by atoms with E-state index in [0.29, 0.717) is 18.0 Å². The molecule has 0 atom stereocenters. The van der Waals surface area contributed by atoms with Gasteiger partial charge in [-0.2, -0.15) is 0 Å². The van der Waals surface area contributed by atoms with E-state index in [-0.39, 0.29) is 12.5 Å². The van der Waals surface area contributed by atoms with Crippen LogP contribution in [0.3, 0.4) is 0 Å². The number of ether oxygens (including phenoxy) is 1.